The Morgan fingerprint density at radius 1 is 1.26 bits per heavy atom. The van der Waals surface area contributed by atoms with E-state index in [0.717, 1.165) is 12.5 Å². The van der Waals surface area contributed by atoms with E-state index in [1.165, 1.54) is 57.8 Å². The topological polar surface area (TPSA) is 47.3 Å². The lowest BCUT2D eigenvalue weighted by Gasteiger charge is -2.39. The molecule has 2 unspecified atom stereocenters. The maximum absolute atomic E-state index is 5.91. The van der Waals surface area contributed by atoms with Gasteiger partial charge in [-0.25, -0.2) is 0 Å². The maximum Gasteiger partial charge on any atom is 0.0576 e. The van der Waals surface area contributed by atoms with E-state index in [-0.39, 0.29) is 0 Å². The SMILES string of the molecule is CC(C)CC1(C(CCC2CCCO2)NN)CCCC1. The summed E-state index contributed by atoms with van der Waals surface area (Å²) in [5.74, 6) is 6.67. The van der Waals surface area contributed by atoms with Crippen LogP contribution in [0.15, 0.2) is 0 Å². The molecule has 0 bridgehead atoms. The van der Waals surface area contributed by atoms with Crippen LogP contribution in [-0.2, 0) is 4.74 Å². The Balaban J connectivity index is 1.92. The Kier molecular flexibility index (Phi) is 5.67. The monoisotopic (exact) mass is 268 g/mol. The first-order valence-electron chi connectivity index (χ1n) is 8.24. The summed E-state index contributed by atoms with van der Waals surface area (Å²) in [6.45, 7) is 5.64. The lowest BCUT2D eigenvalue weighted by atomic mass is 9.71. The highest BCUT2D eigenvalue weighted by Crippen LogP contribution is 2.47. The third-order valence-electron chi connectivity index (χ3n) is 5.16. The number of nitrogens with two attached hydrogens (primary N) is 1. The number of hydrogen-bond acceptors (Lipinski definition) is 3. The predicted molar refractivity (Wildman–Crippen MR) is 79.7 cm³/mol. The predicted octanol–water partition coefficient (Wildman–Crippen LogP) is 3.38. The second-order valence-corrected chi connectivity index (χ2v) is 7.10. The molecule has 19 heavy (non-hydrogen) atoms. The van der Waals surface area contributed by atoms with Gasteiger partial charge in [-0.3, -0.25) is 11.3 Å². The van der Waals surface area contributed by atoms with Gasteiger partial charge in [-0.2, -0.15) is 0 Å². The Morgan fingerprint density at radius 2 is 2.00 bits per heavy atom. The molecule has 1 saturated heterocycles. The zero-order valence-corrected chi connectivity index (χ0v) is 12.8. The van der Waals surface area contributed by atoms with Crippen molar-refractivity contribution >= 4 is 0 Å². The first kappa shape index (κ1) is 15.3. The minimum atomic E-state index is 0.446. The first-order chi connectivity index (χ1) is 9.16. The van der Waals surface area contributed by atoms with Crippen LogP contribution in [0.25, 0.3) is 0 Å². The lowest BCUT2D eigenvalue weighted by molar-refractivity contribution is 0.0837. The van der Waals surface area contributed by atoms with Gasteiger partial charge in [-0.1, -0.05) is 26.7 Å². The highest BCUT2D eigenvalue weighted by atomic mass is 16.5. The molecule has 1 aliphatic heterocycles. The van der Waals surface area contributed by atoms with Gasteiger partial charge in [0.25, 0.3) is 0 Å². The molecule has 112 valence electrons. The van der Waals surface area contributed by atoms with Gasteiger partial charge in [0.2, 0.25) is 0 Å². The molecule has 0 spiro atoms. The van der Waals surface area contributed by atoms with Crippen molar-refractivity contribution < 1.29 is 4.74 Å². The summed E-state index contributed by atoms with van der Waals surface area (Å²) >= 11 is 0. The molecule has 1 aliphatic carbocycles. The summed E-state index contributed by atoms with van der Waals surface area (Å²) in [5.41, 5.74) is 3.60. The van der Waals surface area contributed by atoms with Crippen LogP contribution >= 0.6 is 0 Å². The van der Waals surface area contributed by atoms with Gasteiger partial charge in [0.1, 0.15) is 0 Å². The Morgan fingerprint density at radius 3 is 2.53 bits per heavy atom. The number of ether oxygens (including phenoxy) is 1. The van der Waals surface area contributed by atoms with E-state index in [4.69, 9.17) is 10.6 Å². The Hall–Kier alpha value is -0.120. The van der Waals surface area contributed by atoms with Crippen LogP contribution in [0.3, 0.4) is 0 Å². The standard InChI is InChI=1S/C16H32N2O/c1-13(2)12-16(9-3-4-10-16)15(18-17)8-7-14-6-5-11-19-14/h13-15,18H,3-12,17H2,1-2H3. The molecule has 3 heteroatoms. The average molecular weight is 268 g/mol. The van der Waals surface area contributed by atoms with Crippen LogP contribution in [0, 0.1) is 11.3 Å². The van der Waals surface area contributed by atoms with Crippen LogP contribution in [-0.4, -0.2) is 18.8 Å². The van der Waals surface area contributed by atoms with Crippen molar-refractivity contribution in [1.29, 1.82) is 0 Å². The van der Waals surface area contributed by atoms with Crippen molar-refractivity contribution in [3.63, 3.8) is 0 Å². The molecule has 0 aromatic heterocycles. The normalized spacial score (nSPS) is 28.1. The molecule has 0 amide bonds. The highest BCUT2D eigenvalue weighted by molar-refractivity contribution is 4.94. The molecule has 0 aromatic rings. The second kappa shape index (κ2) is 7.05. The van der Waals surface area contributed by atoms with Gasteiger partial charge >= 0.3 is 0 Å². The van der Waals surface area contributed by atoms with Crippen LogP contribution in [0.4, 0.5) is 0 Å². The van der Waals surface area contributed by atoms with Gasteiger partial charge in [-0.05, 0) is 56.3 Å². The van der Waals surface area contributed by atoms with Crippen LogP contribution in [0.2, 0.25) is 0 Å². The Bertz CT molecular complexity index is 255. The number of rotatable bonds is 7. The fourth-order valence-corrected chi connectivity index (χ4v) is 4.38. The van der Waals surface area contributed by atoms with Crippen LogP contribution in [0.1, 0.15) is 71.6 Å². The van der Waals surface area contributed by atoms with Crippen molar-refractivity contribution in [2.24, 2.45) is 17.2 Å². The molecule has 2 rings (SSSR count). The molecule has 0 radical (unpaired) electrons. The van der Waals surface area contributed by atoms with Gasteiger partial charge in [-0.15, -0.1) is 0 Å². The highest BCUT2D eigenvalue weighted by Gasteiger charge is 2.41. The van der Waals surface area contributed by atoms with E-state index < -0.39 is 0 Å². The molecule has 2 fully saturated rings. The van der Waals surface area contributed by atoms with Gasteiger partial charge in [0, 0.05) is 12.6 Å². The smallest absolute Gasteiger partial charge is 0.0576 e. The number of hydrazine groups is 1. The molecule has 0 aromatic carbocycles. The third kappa shape index (κ3) is 3.93. The average Bonchev–Trinajstić information content (AvgIpc) is 3.01. The fourth-order valence-electron chi connectivity index (χ4n) is 4.38. The van der Waals surface area contributed by atoms with Gasteiger partial charge < -0.3 is 4.74 Å². The zero-order chi connectivity index (χ0) is 13.7. The first-order valence-corrected chi connectivity index (χ1v) is 8.24. The number of nitrogens with one attached hydrogen (secondary N) is 1. The van der Waals surface area contributed by atoms with Gasteiger partial charge in [0.15, 0.2) is 0 Å². The third-order valence-corrected chi connectivity index (χ3v) is 5.16. The van der Waals surface area contributed by atoms with Crippen LogP contribution in [0.5, 0.6) is 0 Å². The minimum absolute atomic E-state index is 0.446. The lowest BCUT2D eigenvalue weighted by Crippen LogP contribution is -2.48. The summed E-state index contributed by atoms with van der Waals surface area (Å²) in [6, 6.07) is 0.474. The van der Waals surface area contributed by atoms with E-state index >= 15 is 0 Å². The molecule has 3 N–H and O–H groups in total. The quantitative estimate of drug-likeness (QED) is 0.549. The Labute approximate surface area is 118 Å². The summed E-state index contributed by atoms with van der Waals surface area (Å²) in [4.78, 5) is 0. The van der Waals surface area contributed by atoms with E-state index in [0.29, 0.717) is 17.6 Å². The van der Waals surface area contributed by atoms with E-state index in [1.807, 2.05) is 0 Å². The fraction of sp³-hybridized carbons (Fsp3) is 1.00. The summed E-state index contributed by atoms with van der Waals surface area (Å²) in [5, 5.41) is 0. The van der Waals surface area contributed by atoms with Gasteiger partial charge in [0.05, 0.1) is 6.10 Å². The molecular weight excluding hydrogens is 236 g/mol. The zero-order valence-electron chi connectivity index (χ0n) is 12.8. The molecular formula is C16H32N2O. The summed E-state index contributed by atoms with van der Waals surface area (Å²) < 4.78 is 5.76. The van der Waals surface area contributed by atoms with E-state index in [2.05, 4.69) is 19.3 Å². The second-order valence-electron chi connectivity index (χ2n) is 7.10. The van der Waals surface area contributed by atoms with E-state index in [1.54, 1.807) is 0 Å². The summed E-state index contributed by atoms with van der Waals surface area (Å²) in [6.07, 6.45) is 12.1. The molecule has 1 saturated carbocycles. The van der Waals surface area contributed by atoms with Crippen molar-refractivity contribution in [2.45, 2.75) is 83.8 Å². The minimum Gasteiger partial charge on any atom is -0.378 e. The summed E-state index contributed by atoms with van der Waals surface area (Å²) in [7, 11) is 0. The molecule has 1 heterocycles. The maximum atomic E-state index is 5.91. The van der Waals surface area contributed by atoms with Crippen molar-refractivity contribution in [3.8, 4) is 0 Å². The molecule has 3 nitrogen and oxygen atoms in total. The van der Waals surface area contributed by atoms with Crippen molar-refractivity contribution in [3.05, 3.63) is 0 Å². The number of hydrogen-bond donors (Lipinski definition) is 2. The largest absolute Gasteiger partial charge is 0.378 e. The molecule has 2 aliphatic rings. The van der Waals surface area contributed by atoms with Crippen LogP contribution < -0.4 is 11.3 Å². The van der Waals surface area contributed by atoms with Crippen molar-refractivity contribution in [2.75, 3.05) is 6.61 Å². The van der Waals surface area contributed by atoms with E-state index in [9.17, 15) is 0 Å². The molecule has 2 atom stereocenters. The van der Waals surface area contributed by atoms with Crippen molar-refractivity contribution in [1.82, 2.24) is 5.43 Å².